The molecule has 10 heteroatoms. The van der Waals surface area contributed by atoms with Crippen molar-refractivity contribution in [3.63, 3.8) is 0 Å². The number of rotatable bonds is 11. The number of nitrogens with zero attached hydrogens (tertiary/aromatic N) is 2. The van der Waals surface area contributed by atoms with Crippen molar-refractivity contribution in [3.05, 3.63) is 75.7 Å². The molecule has 0 radical (unpaired) electrons. The van der Waals surface area contributed by atoms with Crippen molar-refractivity contribution in [2.75, 3.05) is 37.5 Å². The van der Waals surface area contributed by atoms with Gasteiger partial charge in [0.15, 0.2) is 0 Å². The smallest absolute Gasteiger partial charge is 0.127 e. The summed E-state index contributed by atoms with van der Waals surface area (Å²) in [6.45, 7) is 3.77. The molecule has 3 heterocycles. The van der Waals surface area contributed by atoms with E-state index >= 15 is 0 Å². The van der Waals surface area contributed by atoms with Crippen LogP contribution in [0, 0.1) is 5.41 Å². The summed E-state index contributed by atoms with van der Waals surface area (Å²) >= 11 is 12.7. The van der Waals surface area contributed by atoms with Gasteiger partial charge in [-0.3, -0.25) is 10.4 Å². The first-order valence-corrected chi connectivity index (χ1v) is 13.0. The summed E-state index contributed by atoms with van der Waals surface area (Å²) in [6.07, 6.45) is 7.30. The van der Waals surface area contributed by atoms with E-state index < -0.39 is 6.10 Å². The zero-order chi connectivity index (χ0) is 26.2. The van der Waals surface area contributed by atoms with Gasteiger partial charge in [-0.2, -0.15) is 0 Å². The molecule has 0 aliphatic carbocycles. The first-order chi connectivity index (χ1) is 18.0. The van der Waals surface area contributed by atoms with Crippen LogP contribution in [0.3, 0.4) is 0 Å². The highest BCUT2D eigenvalue weighted by molar-refractivity contribution is 6.35. The monoisotopic (exact) mass is 543 g/mol. The molecule has 1 aromatic carbocycles. The Balaban J connectivity index is 1.63. The molecule has 1 fully saturated rings. The Morgan fingerprint density at radius 3 is 2.73 bits per heavy atom. The number of aromatic nitrogens is 2. The van der Waals surface area contributed by atoms with E-state index in [4.69, 9.17) is 42.8 Å². The fourth-order valence-electron chi connectivity index (χ4n) is 4.15. The zero-order valence-electron chi connectivity index (χ0n) is 20.9. The van der Waals surface area contributed by atoms with Crippen LogP contribution in [0.1, 0.15) is 49.0 Å². The van der Waals surface area contributed by atoms with Crippen LogP contribution in [0.5, 0.6) is 5.75 Å². The molecule has 3 N–H and O–H groups in total. The van der Waals surface area contributed by atoms with Gasteiger partial charge in [-0.05, 0) is 56.5 Å². The standard InChI is InChI=1S/C27H31Cl2N5O3/c1-17(26-21(28)15-31-16-22(26)29)37-19-6-7-23(34-25-5-3-4-11-36-25)20(14-19)27(30)18-8-9-32-24(13-18)33-10-12-35-2/h6-9,13-17,25,30,34H,3-5,10-12H2,1-2H3,(H,32,33)/t17-,25?/m1/s1. The molecular formula is C27H31Cl2N5O3. The Labute approximate surface area is 227 Å². The Bertz CT molecular complexity index is 1200. The quantitative estimate of drug-likeness (QED) is 0.191. The summed E-state index contributed by atoms with van der Waals surface area (Å²) < 4.78 is 17.2. The van der Waals surface area contributed by atoms with E-state index in [2.05, 4.69) is 20.6 Å². The molecule has 1 aliphatic rings. The highest BCUT2D eigenvalue weighted by Crippen LogP contribution is 2.34. The van der Waals surface area contributed by atoms with Crippen molar-refractivity contribution in [2.45, 2.75) is 38.5 Å². The average molecular weight is 544 g/mol. The third-order valence-corrected chi connectivity index (χ3v) is 6.63. The summed E-state index contributed by atoms with van der Waals surface area (Å²) in [5.41, 5.74) is 3.18. The van der Waals surface area contributed by atoms with Gasteiger partial charge in [0.1, 0.15) is 23.9 Å². The predicted molar refractivity (Wildman–Crippen MR) is 147 cm³/mol. The molecule has 2 aromatic heterocycles. The molecule has 196 valence electrons. The van der Waals surface area contributed by atoms with Crippen molar-refractivity contribution in [2.24, 2.45) is 0 Å². The summed E-state index contributed by atoms with van der Waals surface area (Å²) in [6, 6.07) is 9.30. The van der Waals surface area contributed by atoms with E-state index in [9.17, 15) is 0 Å². The first kappa shape index (κ1) is 27.1. The van der Waals surface area contributed by atoms with E-state index in [-0.39, 0.29) is 6.23 Å². The molecule has 0 spiro atoms. The third-order valence-electron chi connectivity index (χ3n) is 6.03. The fraction of sp³-hybridized carbons (Fsp3) is 0.370. The summed E-state index contributed by atoms with van der Waals surface area (Å²) in [5.74, 6) is 1.26. The van der Waals surface area contributed by atoms with Crippen LogP contribution in [0.2, 0.25) is 10.0 Å². The predicted octanol–water partition coefficient (Wildman–Crippen LogP) is 6.34. The lowest BCUT2D eigenvalue weighted by molar-refractivity contribution is 0.0343. The van der Waals surface area contributed by atoms with Crippen molar-refractivity contribution in [1.82, 2.24) is 9.97 Å². The van der Waals surface area contributed by atoms with Gasteiger partial charge in [0.2, 0.25) is 0 Å². The second-order valence-corrected chi connectivity index (χ2v) is 9.52. The Morgan fingerprint density at radius 2 is 2.00 bits per heavy atom. The molecule has 1 unspecified atom stereocenters. The number of benzene rings is 1. The number of methoxy groups -OCH3 is 1. The minimum Gasteiger partial charge on any atom is -0.486 e. The maximum Gasteiger partial charge on any atom is 0.127 e. The summed E-state index contributed by atoms with van der Waals surface area (Å²) in [4.78, 5) is 8.37. The van der Waals surface area contributed by atoms with Gasteiger partial charge < -0.3 is 24.8 Å². The van der Waals surface area contributed by atoms with Crippen LogP contribution in [0.25, 0.3) is 0 Å². The van der Waals surface area contributed by atoms with Crippen LogP contribution in [-0.4, -0.2) is 48.8 Å². The number of pyridine rings is 2. The lowest BCUT2D eigenvalue weighted by Gasteiger charge is -2.26. The molecule has 8 nitrogen and oxygen atoms in total. The van der Waals surface area contributed by atoms with Crippen LogP contribution in [0.4, 0.5) is 11.5 Å². The van der Waals surface area contributed by atoms with Crippen LogP contribution in [0.15, 0.2) is 48.9 Å². The minimum absolute atomic E-state index is 0.107. The van der Waals surface area contributed by atoms with Gasteiger partial charge in [0.25, 0.3) is 0 Å². The van der Waals surface area contributed by atoms with Crippen LogP contribution in [-0.2, 0) is 9.47 Å². The molecule has 37 heavy (non-hydrogen) atoms. The topological polar surface area (TPSA) is 101 Å². The van der Waals surface area contributed by atoms with Gasteiger partial charge in [-0.15, -0.1) is 0 Å². The van der Waals surface area contributed by atoms with Gasteiger partial charge in [-0.1, -0.05) is 23.2 Å². The number of hydrogen-bond donors (Lipinski definition) is 3. The number of halogens is 2. The van der Waals surface area contributed by atoms with E-state index in [1.165, 1.54) is 0 Å². The molecule has 0 amide bonds. The van der Waals surface area contributed by atoms with E-state index in [0.717, 1.165) is 31.6 Å². The largest absolute Gasteiger partial charge is 0.486 e. The molecule has 2 atom stereocenters. The zero-order valence-corrected chi connectivity index (χ0v) is 22.4. The lowest BCUT2D eigenvalue weighted by Crippen LogP contribution is -2.28. The van der Waals surface area contributed by atoms with Gasteiger partial charge in [0.05, 0.1) is 22.4 Å². The number of nitrogens with one attached hydrogen (secondary N) is 3. The second-order valence-electron chi connectivity index (χ2n) is 8.71. The number of anilines is 2. The maximum atomic E-state index is 9.08. The fourth-order valence-corrected chi connectivity index (χ4v) is 4.82. The van der Waals surface area contributed by atoms with Crippen molar-refractivity contribution in [1.29, 1.82) is 5.41 Å². The molecule has 3 aromatic rings. The van der Waals surface area contributed by atoms with Crippen LogP contribution < -0.4 is 15.4 Å². The van der Waals surface area contributed by atoms with Gasteiger partial charge >= 0.3 is 0 Å². The summed E-state index contributed by atoms with van der Waals surface area (Å²) in [5, 5.41) is 16.6. The van der Waals surface area contributed by atoms with Crippen molar-refractivity contribution in [3.8, 4) is 5.75 Å². The van der Waals surface area contributed by atoms with Gasteiger partial charge in [-0.25, -0.2) is 4.98 Å². The minimum atomic E-state index is -0.428. The highest BCUT2D eigenvalue weighted by atomic mass is 35.5. The number of hydrogen-bond acceptors (Lipinski definition) is 8. The second kappa shape index (κ2) is 13.1. The SMILES string of the molecule is COCCNc1cc(C(=N)c2cc(O[C@H](C)c3c(Cl)cncc3Cl)ccc2NC2CCCCO2)ccn1. The van der Waals surface area contributed by atoms with Crippen LogP contribution >= 0.6 is 23.2 Å². The van der Waals surface area contributed by atoms with E-state index in [1.54, 1.807) is 25.7 Å². The molecule has 0 bridgehead atoms. The van der Waals surface area contributed by atoms with Crippen molar-refractivity contribution < 1.29 is 14.2 Å². The number of ether oxygens (including phenoxy) is 3. The molecular weight excluding hydrogens is 513 g/mol. The Kier molecular flexibility index (Phi) is 9.57. The van der Waals surface area contributed by atoms with Crippen molar-refractivity contribution >= 4 is 40.4 Å². The molecule has 0 saturated carbocycles. The lowest BCUT2D eigenvalue weighted by atomic mass is 10.0. The molecule has 1 saturated heterocycles. The van der Waals surface area contributed by atoms with E-state index in [0.29, 0.717) is 57.2 Å². The van der Waals surface area contributed by atoms with E-state index in [1.807, 2.05) is 37.3 Å². The highest BCUT2D eigenvalue weighted by Gasteiger charge is 2.20. The molecule has 1 aliphatic heterocycles. The molecule has 4 rings (SSSR count). The Hall–Kier alpha value is -2.91. The third kappa shape index (κ3) is 7.11. The first-order valence-electron chi connectivity index (χ1n) is 12.2. The summed E-state index contributed by atoms with van der Waals surface area (Å²) in [7, 11) is 1.65. The Morgan fingerprint density at radius 1 is 1.19 bits per heavy atom. The van der Waals surface area contributed by atoms with Gasteiger partial charge in [0, 0.05) is 61.2 Å². The average Bonchev–Trinajstić information content (AvgIpc) is 2.90. The normalized spacial score (nSPS) is 16.2. The maximum absolute atomic E-state index is 9.08.